The van der Waals surface area contributed by atoms with Gasteiger partial charge in [-0.2, -0.15) is 0 Å². The predicted octanol–water partition coefficient (Wildman–Crippen LogP) is 1.48. The number of amides is 1. The van der Waals surface area contributed by atoms with Gasteiger partial charge in [0, 0.05) is 57.3 Å². The zero-order valence-electron chi connectivity index (χ0n) is 16.6. The molecule has 2 fully saturated rings. The first-order valence-electron chi connectivity index (χ1n) is 9.71. The van der Waals surface area contributed by atoms with Crippen LogP contribution >= 0.6 is 0 Å². The highest BCUT2D eigenvalue weighted by Gasteiger charge is 2.36. The molecule has 0 radical (unpaired) electrons. The molecule has 7 heteroatoms. The van der Waals surface area contributed by atoms with Crippen molar-refractivity contribution in [1.29, 1.82) is 0 Å². The third-order valence-corrected chi connectivity index (χ3v) is 7.41. The summed E-state index contributed by atoms with van der Waals surface area (Å²) in [5.41, 5.74) is 0.127. The molecule has 1 unspecified atom stereocenters. The molecule has 2 aliphatic heterocycles. The van der Waals surface area contributed by atoms with E-state index in [4.69, 9.17) is 0 Å². The minimum absolute atomic E-state index is 0.0485. The van der Waals surface area contributed by atoms with Crippen molar-refractivity contribution in [2.24, 2.45) is 0 Å². The molecule has 6 nitrogen and oxygen atoms in total. The van der Waals surface area contributed by atoms with Crippen LogP contribution in [0, 0.1) is 0 Å². The van der Waals surface area contributed by atoms with Gasteiger partial charge in [0.05, 0.1) is 10.6 Å². The molecule has 1 atom stereocenters. The molecule has 1 aromatic rings. The topological polar surface area (TPSA) is 60.9 Å². The lowest BCUT2D eigenvalue weighted by Gasteiger charge is -2.50. The van der Waals surface area contributed by atoms with Crippen LogP contribution in [0.4, 0.5) is 0 Å². The van der Waals surface area contributed by atoms with Gasteiger partial charge in [0.15, 0.2) is 9.84 Å². The molecule has 0 saturated carbocycles. The van der Waals surface area contributed by atoms with E-state index < -0.39 is 9.84 Å². The maximum atomic E-state index is 12.7. The molecule has 2 aliphatic rings. The average Bonchev–Trinajstić information content (AvgIpc) is 2.65. The van der Waals surface area contributed by atoms with Crippen molar-refractivity contribution in [2.45, 2.75) is 43.7 Å². The van der Waals surface area contributed by atoms with Gasteiger partial charge in [-0.15, -0.1) is 0 Å². The van der Waals surface area contributed by atoms with E-state index in [9.17, 15) is 13.2 Å². The minimum Gasteiger partial charge on any atom is -0.340 e. The minimum atomic E-state index is -3.41. The summed E-state index contributed by atoms with van der Waals surface area (Å²) in [5, 5.41) is 0. The molecular formula is C20H31N3O3S. The van der Waals surface area contributed by atoms with Gasteiger partial charge in [-0.25, -0.2) is 8.42 Å². The van der Waals surface area contributed by atoms with E-state index in [2.05, 4.69) is 30.6 Å². The number of fused-ring (bicyclic) bond motifs is 1. The molecule has 0 spiro atoms. The van der Waals surface area contributed by atoms with Crippen LogP contribution in [-0.4, -0.2) is 85.6 Å². The second-order valence-corrected chi connectivity index (χ2v) is 10.6. The maximum Gasteiger partial charge on any atom is 0.223 e. The highest BCUT2D eigenvalue weighted by molar-refractivity contribution is 7.91. The van der Waals surface area contributed by atoms with Crippen LogP contribution in [0.15, 0.2) is 35.2 Å². The van der Waals surface area contributed by atoms with Crippen molar-refractivity contribution in [3.05, 3.63) is 30.3 Å². The Morgan fingerprint density at radius 1 is 1.04 bits per heavy atom. The first kappa shape index (κ1) is 20.3. The second kappa shape index (κ2) is 7.89. The number of hydrogen-bond acceptors (Lipinski definition) is 5. The molecule has 1 aromatic carbocycles. The van der Waals surface area contributed by atoms with Crippen LogP contribution in [0.1, 0.15) is 27.2 Å². The number of carbonyl (C=O) groups is 1. The van der Waals surface area contributed by atoms with Crippen LogP contribution in [0.25, 0.3) is 0 Å². The highest BCUT2D eigenvalue weighted by atomic mass is 32.2. The van der Waals surface area contributed by atoms with Crippen molar-refractivity contribution in [2.75, 3.05) is 45.0 Å². The first-order valence-corrected chi connectivity index (χ1v) is 11.4. The van der Waals surface area contributed by atoms with Crippen LogP contribution in [0.3, 0.4) is 0 Å². The van der Waals surface area contributed by atoms with Crippen LogP contribution in [0.2, 0.25) is 0 Å². The number of carbonyl (C=O) groups excluding carboxylic acids is 1. The number of hydrogen-bond donors (Lipinski definition) is 0. The monoisotopic (exact) mass is 393 g/mol. The van der Waals surface area contributed by atoms with Crippen molar-refractivity contribution in [1.82, 2.24) is 14.7 Å². The Balaban J connectivity index is 1.57. The lowest BCUT2D eigenvalue weighted by atomic mass is 10.0. The summed E-state index contributed by atoms with van der Waals surface area (Å²) in [5.74, 6) is -0.184. The fourth-order valence-electron chi connectivity index (χ4n) is 3.92. The lowest BCUT2D eigenvalue weighted by Crippen LogP contribution is -2.65. The van der Waals surface area contributed by atoms with Crippen LogP contribution < -0.4 is 0 Å². The summed E-state index contributed by atoms with van der Waals surface area (Å²) in [6, 6.07) is 8.70. The number of sulfone groups is 1. The normalized spacial score (nSPS) is 22.5. The molecule has 27 heavy (non-hydrogen) atoms. The fourth-order valence-corrected chi connectivity index (χ4v) is 5.17. The summed E-state index contributed by atoms with van der Waals surface area (Å²) in [7, 11) is -3.41. The molecule has 3 rings (SSSR count). The number of benzene rings is 1. The Bertz CT molecular complexity index is 758. The first-order chi connectivity index (χ1) is 12.7. The van der Waals surface area contributed by atoms with Crippen molar-refractivity contribution in [3.63, 3.8) is 0 Å². The summed E-state index contributed by atoms with van der Waals surface area (Å²) < 4.78 is 24.8. The van der Waals surface area contributed by atoms with Crippen molar-refractivity contribution >= 4 is 15.7 Å². The Morgan fingerprint density at radius 2 is 1.70 bits per heavy atom. The standard InChI is InChI=1S/C20H31N3O3S/c1-20(2,3)23-13-12-21-10-11-22(15-17(21)16-23)19(24)9-14-27(25,26)18-7-5-4-6-8-18/h4-8,17H,9-16H2,1-3H3. The molecule has 2 saturated heterocycles. The van der Waals surface area contributed by atoms with Gasteiger partial charge in [0.1, 0.15) is 0 Å². The van der Waals surface area contributed by atoms with E-state index >= 15 is 0 Å². The largest absolute Gasteiger partial charge is 0.340 e. The number of piperazine rings is 2. The Morgan fingerprint density at radius 3 is 2.37 bits per heavy atom. The highest BCUT2D eigenvalue weighted by Crippen LogP contribution is 2.22. The van der Waals surface area contributed by atoms with E-state index in [1.54, 1.807) is 30.3 Å². The van der Waals surface area contributed by atoms with Gasteiger partial charge < -0.3 is 4.90 Å². The van der Waals surface area contributed by atoms with E-state index in [1.165, 1.54) is 0 Å². The Labute approximate surface area is 163 Å². The average molecular weight is 394 g/mol. The zero-order valence-corrected chi connectivity index (χ0v) is 17.4. The second-order valence-electron chi connectivity index (χ2n) is 8.53. The Kier molecular flexibility index (Phi) is 5.93. The maximum absolute atomic E-state index is 12.7. The van der Waals surface area contributed by atoms with Crippen molar-refractivity contribution in [3.8, 4) is 0 Å². The van der Waals surface area contributed by atoms with Gasteiger partial charge >= 0.3 is 0 Å². The fraction of sp³-hybridized carbons (Fsp3) is 0.650. The van der Waals surface area contributed by atoms with Gasteiger partial charge in [-0.3, -0.25) is 14.6 Å². The molecule has 1 amide bonds. The number of nitrogens with zero attached hydrogens (tertiary/aromatic N) is 3. The molecule has 0 aliphatic carbocycles. The van der Waals surface area contributed by atoms with E-state index in [-0.39, 0.29) is 28.5 Å². The quantitative estimate of drug-likeness (QED) is 0.775. The predicted molar refractivity (Wildman–Crippen MR) is 106 cm³/mol. The zero-order chi connectivity index (χ0) is 19.7. The third-order valence-electron chi connectivity index (χ3n) is 5.68. The van der Waals surface area contributed by atoms with Gasteiger partial charge in [-0.1, -0.05) is 18.2 Å². The molecule has 0 bridgehead atoms. The molecular weight excluding hydrogens is 362 g/mol. The summed E-state index contributed by atoms with van der Waals surface area (Å²) in [6.07, 6.45) is 0.0485. The number of rotatable bonds is 4. The van der Waals surface area contributed by atoms with E-state index in [1.807, 2.05) is 4.90 Å². The van der Waals surface area contributed by atoms with Crippen molar-refractivity contribution < 1.29 is 13.2 Å². The summed E-state index contributed by atoms with van der Waals surface area (Å²) in [6.45, 7) is 12.0. The van der Waals surface area contributed by atoms with E-state index in [0.29, 0.717) is 19.1 Å². The van der Waals surface area contributed by atoms with Crippen LogP contribution in [-0.2, 0) is 14.6 Å². The van der Waals surface area contributed by atoms with Crippen LogP contribution in [0.5, 0.6) is 0 Å². The molecule has 0 N–H and O–H groups in total. The van der Waals surface area contributed by atoms with E-state index in [0.717, 1.165) is 26.2 Å². The van der Waals surface area contributed by atoms with Gasteiger partial charge in [0.25, 0.3) is 0 Å². The SMILES string of the molecule is CC(C)(C)N1CCN2CCN(C(=O)CCS(=O)(=O)c3ccccc3)CC2C1. The van der Waals surface area contributed by atoms with Gasteiger partial charge in [0.2, 0.25) is 5.91 Å². The third kappa shape index (κ3) is 4.89. The summed E-state index contributed by atoms with van der Waals surface area (Å²) >= 11 is 0. The van der Waals surface area contributed by atoms with Gasteiger partial charge in [-0.05, 0) is 32.9 Å². The summed E-state index contributed by atoms with van der Waals surface area (Å²) in [4.78, 5) is 19.7. The Hall–Kier alpha value is -1.44. The smallest absolute Gasteiger partial charge is 0.223 e. The molecule has 0 aromatic heterocycles. The molecule has 2 heterocycles. The lowest BCUT2D eigenvalue weighted by molar-refractivity contribution is -0.135. The molecule has 150 valence electrons.